The zero-order chi connectivity index (χ0) is 17.4. The van der Waals surface area contributed by atoms with Crippen molar-refractivity contribution in [3.63, 3.8) is 0 Å². The summed E-state index contributed by atoms with van der Waals surface area (Å²) in [6, 6.07) is 12.9. The first-order valence-corrected chi connectivity index (χ1v) is 8.70. The molecule has 7 heteroatoms. The average Bonchev–Trinajstić information content (AvgIpc) is 3.19. The number of hydrogen-bond acceptors (Lipinski definition) is 6. The van der Waals surface area contributed by atoms with Crippen LogP contribution in [0.5, 0.6) is 17.2 Å². The molecule has 126 valence electrons. The third-order valence-corrected chi connectivity index (χ3v) is 5.14. The number of benzene rings is 2. The van der Waals surface area contributed by atoms with Gasteiger partial charge in [-0.15, -0.1) is 0 Å². The average molecular weight is 371 g/mol. The Morgan fingerprint density at radius 2 is 2.00 bits per heavy atom. The van der Waals surface area contributed by atoms with Crippen molar-refractivity contribution in [2.24, 2.45) is 0 Å². The molecule has 5 nitrogen and oxygen atoms in total. The fraction of sp³-hybridized carbons (Fsp3) is 0.111. The Kier molecular flexibility index (Phi) is 4.10. The summed E-state index contributed by atoms with van der Waals surface area (Å²) >= 11 is 6.67. The van der Waals surface area contributed by atoms with Crippen molar-refractivity contribution >= 4 is 46.0 Å². The van der Waals surface area contributed by atoms with Crippen LogP contribution in [0.2, 0.25) is 0 Å². The van der Waals surface area contributed by atoms with E-state index in [1.54, 1.807) is 31.4 Å². The van der Waals surface area contributed by atoms with E-state index in [0.717, 1.165) is 5.56 Å². The van der Waals surface area contributed by atoms with Crippen molar-refractivity contribution in [2.45, 2.75) is 0 Å². The maximum Gasteiger partial charge on any atom is 0.270 e. The molecule has 0 bridgehead atoms. The normalized spacial score (nSPS) is 17.5. The Hall–Kier alpha value is -2.51. The third-order valence-electron chi connectivity index (χ3n) is 3.83. The molecule has 0 aromatic heterocycles. The van der Waals surface area contributed by atoms with Gasteiger partial charge < -0.3 is 14.2 Å². The Labute approximate surface area is 154 Å². The van der Waals surface area contributed by atoms with Crippen molar-refractivity contribution in [2.75, 3.05) is 18.8 Å². The monoisotopic (exact) mass is 371 g/mol. The molecule has 2 aromatic rings. The number of fused-ring (bicyclic) bond motifs is 1. The van der Waals surface area contributed by atoms with Crippen LogP contribution in [0.1, 0.15) is 5.56 Å². The van der Waals surface area contributed by atoms with Crippen molar-refractivity contribution in [3.8, 4) is 17.2 Å². The predicted octanol–water partition coefficient (Wildman–Crippen LogP) is 3.83. The van der Waals surface area contributed by atoms with E-state index in [0.29, 0.717) is 32.2 Å². The second-order valence-corrected chi connectivity index (χ2v) is 6.97. The number of methoxy groups -OCH3 is 1. The van der Waals surface area contributed by atoms with Crippen LogP contribution >= 0.6 is 24.0 Å². The van der Waals surface area contributed by atoms with Gasteiger partial charge in [-0.05, 0) is 24.3 Å². The van der Waals surface area contributed by atoms with E-state index >= 15 is 0 Å². The SMILES string of the molecule is COc1ccccc1/C=C1/SC(=S)N(c2ccc3c(c2)OCO3)C1=O. The quantitative estimate of drug-likeness (QED) is 0.604. The first kappa shape index (κ1) is 16.0. The summed E-state index contributed by atoms with van der Waals surface area (Å²) in [5.41, 5.74) is 1.49. The molecule has 0 radical (unpaired) electrons. The van der Waals surface area contributed by atoms with Gasteiger partial charge in [0.05, 0.1) is 17.7 Å². The van der Waals surface area contributed by atoms with Gasteiger partial charge in [-0.25, -0.2) is 0 Å². The third kappa shape index (κ3) is 2.85. The topological polar surface area (TPSA) is 48.0 Å². The van der Waals surface area contributed by atoms with Crippen LogP contribution in [0.4, 0.5) is 5.69 Å². The van der Waals surface area contributed by atoms with Crippen molar-refractivity contribution < 1.29 is 19.0 Å². The highest BCUT2D eigenvalue weighted by Gasteiger charge is 2.34. The van der Waals surface area contributed by atoms with Crippen LogP contribution in [-0.2, 0) is 4.79 Å². The fourth-order valence-corrected chi connectivity index (χ4v) is 3.93. The molecule has 1 amide bonds. The summed E-state index contributed by atoms with van der Waals surface area (Å²) < 4.78 is 16.5. The van der Waals surface area contributed by atoms with Crippen molar-refractivity contribution in [1.82, 2.24) is 0 Å². The number of carbonyl (C=O) groups excluding carboxylic acids is 1. The first-order chi connectivity index (χ1) is 12.2. The summed E-state index contributed by atoms with van der Waals surface area (Å²) in [4.78, 5) is 14.9. The number of amides is 1. The smallest absolute Gasteiger partial charge is 0.270 e. The van der Waals surface area contributed by atoms with Crippen molar-refractivity contribution in [1.29, 1.82) is 0 Å². The number of thioether (sulfide) groups is 1. The second-order valence-electron chi connectivity index (χ2n) is 5.30. The van der Waals surface area contributed by atoms with Crippen molar-refractivity contribution in [3.05, 3.63) is 52.9 Å². The second kappa shape index (κ2) is 6.42. The van der Waals surface area contributed by atoms with E-state index < -0.39 is 0 Å². The van der Waals surface area contributed by atoms with E-state index in [1.807, 2.05) is 24.3 Å². The number of ether oxygens (including phenoxy) is 3. The summed E-state index contributed by atoms with van der Waals surface area (Å²) in [5.74, 6) is 1.81. The Balaban J connectivity index is 1.67. The van der Waals surface area contributed by atoms with Gasteiger partial charge in [-0.2, -0.15) is 0 Å². The predicted molar refractivity (Wildman–Crippen MR) is 101 cm³/mol. The van der Waals surface area contributed by atoms with Crippen LogP contribution in [0.25, 0.3) is 6.08 Å². The molecule has 0 unspecified atom stereocenters. The Bertz CT molecular complexity index is 910. The highest BCUT2D eigenvalue weighted by atomic mass is 32.2. The zero-order valence-electron chi connectivity index (χ0n) is 13.2. The highest BCUT2D eigenvalue weighted by molar-refractivity contribution is 8.27. The molecule has 0 spiro atoms. The summed E-state index contributed by atoms with van der Waals surface area (Å²) in [6.45, 7) is 0.185. The maximum absolute atomic E-state index is 12.9. The van der Waals surface area contributed by atoms with Gasteiger partial charge in [0, 0.05) is 11.6 Å². The molecule has 2 heterocycles. The number of carbonyl (C=O) groups is 1. The highest BCUT2D eigenvalue weighted by Crippen LogP contribution is 2.41. The molecule has 0 N–H and O–H groups in total. The lowest BCUT2D eigenvalue weighted by atomic mass is 10.2. The van der Waals surface area contributed by atoms with Crippen LogP contribution in [0.3, 0.4) is 0 Å². The molecule has 4 rings (SSSR count). The molecule has 2 aliphatic heterocycles. The summed E-state index contributed by atoms with van der Waals surface area (Å²) in [6.07, 6.45) is 1.80. The minimum Gasteiger partial charge on any atom is -0.496 e. The number of thiocarbonyl (C=S) groups is 1. The van der Waals surface area contributed by atoms with Gasteiger partial charge in [-0.1, -0.05) is 42.2 Å². The molecule has 2 aromatic carbocycles. The molecule has 25 heavy (non-hydrogen) atoms. The van der Waals surface area contributed by atoms with E-state index in [9.17, 15) is 4.79 Å². The molecule has 1 fully saturated rings. The molecular formula is C18H13NO4S2. The minimum atomic E-state index is -0.167. The molecule has 0 aliphatic carbocycles. The summed E-state index contributed by atoms with van der Waals surface area (Å²) in [7, 11) is 1.60. The molecular weight excluding hydrogens is 358 g/mol. The van der Waals surface area contributed by atoms with Gasteiger partial charge in [0.2, 0.25) is 6.79 Å². The molecule has 2 aliphatic rings. The van der Waals surface area contributed by atoms with E-state index in [2.05, 4.69) is 0 Å². The zero-order valence-corrected chi connectivity index (χ0v) is 14.9. The molecule has 0 saturated carbocycles. The Morgan fingerprint density at radius 3 is 2.84 bits per heavy atom. The van der Waals surface area contributed by atoms with E-state index in [-0.39, 0.29) is 12.7 Å². The minimum absolute atomic E-state index is 0.167. The maximum atomic E-state index is 12.9. The largest absolute Gasteiger partial charge is 0.496 e. The standard InChI is InChI=1S/C18H13NO4S2/c1-21-13-5-3-2-4-11(13)8-16-17(20)19(18(24)25-16)12-6-7-14-15(9-12)23-10-22-14/h2-9H,10H2,1H3/b16-8+. The van der Waals surface area contributed by atoms with Gasteiger partial charge in [-0.3, -0.25) is 9.69 Å². The van der Waals surface area contributed by atoms with Crippen LogP contribution in [0.15, 0.2) is 47.4 Å². The van der Waals surface area contributed by atoms with Crippen LogP contribution < -0.4 is 19.1 Å². The number of anilines is 1. The van der Waals surface area contributed by atoms with Gasteiger partial charge >= 0.3 is 0 Å². The number of nitrogens with zero attached hydrogens (tertiary/aromatic N) is 1. The summed E-state index contributed by atoms with van der Waals surface area (Å²) in [5, 5.41) is 0. The lowest BCUT2D eigenvalue weighted by Gasteiger charge is -2.14. The number of rotatable bonds is 3. The number of hydrogen-bond donors (Lipinski definition) is 0. The lowest BCUT2D eigenvalue weighted by Crippen LogP contribution is -2.27. The Morgan fingerprint density at radius 1 is 1.20 bits per heavy atom. The first-order valence-electron chi connectivity index (χ1n) is 7.48. The fourth-order valence-electron chi connectivity index (χ4n) is 2.64. The van der Waals surface area contributed by atoms with Crippen LogP contribution in [-0.4, -0.2) is 24.1 Å². The van der Waals surface area contributed by atoms with Gasteiger partial charge in [0.15, 0.2) is 15.8 Å². The van der Waals surface area contributed by atoms with E-state index in [4.69, 9.17) is 26.4 Å². The molecule has 0 atom stereocenters. The number of para-hydroxylation sites is 1. The lowest BCUT2D eigenvalue weighted by molar-refractivity contribution is -0.113. The van der Waals surface area contributed by atoms with Crippen LogP contribution in [0, 0.1) is 0 Å². The van der Waals surface area contributed by atoms with Gasteiger partial charge in [0.25, 0.3) is 5.91 Å². The van der Waals surface area contributed by atoms with E-state index in [1.165, 1.54) is 16.7 Å². The molecule has 1 saturated heterocycles. The van der Waals surface area contributed by atoms with Gasteiger partial charge in [0.1, 0.15) is 5.75 Å².